The molecule has 2 N–H and O–H groups in total. The van der Waals surface area contributed by atoms with Crippen molar-refractivity contribution in [1.82, 2.24) is 15.5 Å². The van der Waals surface area contributed by atoms with E-state index in [1.54, 1.807) is 0 Å². The van der Waals surface area contributed by atoms with E-state index in [1.807, 2.05) is 4.90 Å². The number of piperidine rings is 1. The van der Waals surface area contributed by atoms with E-state index in [-0.39, 0.29) is 36.2 Å². The van der Waals surface area contributed by atoms with Crippen LogP contribution < -0.4 is 10.6 Å². The molecule has 1 saturated carbocycles. The molecule has 1 aliphatic carbocycles. The van der Waals surface area contributed by atoms with E-state index in [0.29, 0.717) is 12.1 Å². The quantitative estimate of drug-likeness (QED) is 0.819. The predicted molar refractivity (Wildman–Crippen MR) is 83.3 cm³/mol. The van der Waals surface area contributed by atoms with Crippen molar-refractivity contribution in [2.75, 3.05) is 13.1 Å². The predicted octanol–water partition coefficient (Wildman–Crippen LogP) is 1.07. The Morgan fingerprint density at radius 2 is 1.95 bits per heavy atom. The molecule has 0 radical (unpaired) electrons. The molecule has 0 aromatic carbocycles. The van der Waals surface area contributed by atoms with Crippen LogP contribution in [0.5, 0.6) is 0 Å². The Balaban J connectivity index is 0.00000161. The minimum Gasteiger partial charge on any atom is -0.352 e. The van der Waals surface area contributed by atoms with Gasteiger partial charge in [-0.05, 0) is 52.0 Å². The van der Waals surface area contributed by atoms with Crippen LogP contribution in [0.15, 0.2) is 0 Å². The SMILES string of the molecule is C[C@H]1C[C@@H](C(=O)N2CCCC2C(=O)NC2CC2)CCN1.Cl. The summed E-state index contributed by atoms with van der Waals surface area (Å²) in [7, 11) is 0. The molecule has 21 heavy (non-hydrogen) atoms. The molecule has 0 aromatic rings. The Morgan fingerprint density at radius 3 is 2.62 bits per heavy atom. The minimum absolute atomic E-state index is 0. The van der Waals surface area contributed by atoms with Crippen LogP contribution in [0, 0.1) is 5.92 Å². The molecular formula is C15H26ClN3O2. The average Bonchev–Trinajstić information content (AvgIpc) is 3.10. The molecule has 3 atom stereocenters. The van der Waals surface area contributed by atoms with E-state index < -0.39 is 0 Å². The fourth-order valence-electron chi connectivity index (χ4n) is 3.42. The molecule has 3 rings (SSSR count). The van der Waals surface area contributed by atoms with E-state index >= 15 is 0 Å². The normalized spacial score (nSPS) is 32.4. The third kappa shape index (κ3) is 3.89. The summed E-state index contributed by atoms with van der Waals surface area (Å²) < 4.78 is 0. The summed E-state index contributed by atoms with van der Waals surface area (Å²) in [4.78, 5) is 26.8. The van der Waals surface area contributed by atoms with Crippen molar-refractivity contribution < 1.29 is 9.59 Å². The number of likely N-dealkylation sites (tertiary alicyclic amines) is 1. The summed E-state index contributed by atoms with van der Waals surface area (Å²) in [5, 5.41) is 6.42. The van der Waals surface area contributed by atoms with Gasteiger partial charge < -0.3 is 15.5 Å². The van der Waals surface area contributed by atoms with Gasteiger partial charge in [0.1, 0.15) is 6.04 Å². The van der Waals surface area contributed by atoms with Crippen molar-refractivity contribution >= 4 is 24.2 Å². The summed E-state index contributed by atoms with van der Waals surface area (Å²) in [6.07, 6.45) is 5.76. The van der Waals surface area contributed by atoms with Gasteiger partial charge in [-0.15, -0.1) is 12.4 Å². The highest BCUT2D eigenvalue weighted by molar-refractivity contribution is 5.89. The van der Waals surface area contributed by atoms with Crippen LogP contribution in [-0.2, 0) is 9.59 Å². The van der Waals surface area contributed by atoms with Crippen molar-refractivity contribution in [3.63, 3.8) is 0 Å². The number of carbonyl (C=O) groups is 2. The first kappa shape index (κ1) is 16.6. The summed E-state index contributed by atoms with van der Waals surface area (Å²) in [6.45, 7) is 3.78. The summed E-state index contributed by atoms with van der Waals surface area (Å²) >= 11 is 0. The van der Waals surface area contributed by atoms with Crippen LogP contribution in [-0.4, -0.2) is 47.9 Å². The lowest BCUT2D eigenvalue weighted by Gasteiger charge is -2.32. The van der Waals surface area contributed by atoms with Gasteiger partial charge in [-0.1, -0.05) is 0 Å². The highest BCUT2D eigenvalue weighted by Crippen LogP contribution is 2.26. The summed E-state index contributed by atoms with van der Waals surface area (Å²) in [5.41, 5.74) is 0. The maximum absolute atomic E-state index is 12.7. The fraction of sp³-hybridized carbons (Fsp3) is 0.867. The van der Waals surface area contributed by atoms with E-state index in [9.17, 15) is 9.59 Å². The lowest BCUT2D eigenvalue weighted by atomic mass is 9.91. The van der Waals surface area contributed by atoms with Gasteiger partial charge in [0, 0.05) is 24.5 Å². The number of amides is 2. The lowest BCUT2D eigenvalue weighted by Crippen LogP contribution is -2.50. The molecule has 2 aliphatic heterocycles. The molecule has 120 valence electrons. The molecule has 0 bridgehead atoms. The first-order valence-electron chi connectivity index (χ1n) is 7.99. The molecule has 3 fully saturated rings. The molecule has 6 heteroatoms. The largest absolute Gasteiger partial charge is 0.352 e. The molecule has 3 aliphatic rings. The smallest absolute Gasteiger partial charge is 0.243 e. The third-order valence-corrected chi connectivity index (χ3v) is 4.74. The van der Waals surface area contributed by atoms with Crippen molar-refractivity contribution in [3.8, 4) is 0 Å². The van der Waals surface area contributed by atoms with E-state index in [0.717, 1.165) is 51.6 Å². The first-order chi connectivity index (χ1) is 9.65. The summed E-state index contributed by atoms with van der Waals surface area (Å²) in [6, 6.07) is 0.561. The van der Waals surface area contributed by atoms with Crippen molar-refractivity contribution in [2.24, 2.45) is 5.92 Å². The molecular weight excluding hydrogens is 290 g/mol. The van der Waals surface area contributed by atoms with Gasteiger partial charge in [-0.3, -0.25) is 9.59 Å². The number of hydrogen-bond donors (Lipinski definition) is 2. The minimum atomic E-state index is -0.215. The molecule has 0 spiro atoms. The molecule has 5 nitrogen and oxygen atoms in total. The van der Waals surface area contributed by atoms with Crippen molar-refractivity contribution in [3.05, 3.63) is 0 Å². The van der Waals surface area contributed by atoms with E-state index in [4.69, 9.17) is 0 Å². The summed E-state index contributed by atoms with van der Waals surface area (Å²) in [5.74, 6) is 0.368. The maximum atomic E-state index is 12.7. The molecule has 2 saturated heterocycles. The second kappa shape index (κ2) is 6.97. The number of rotatable bonds is 3. The molecule has 2 heterocycles. The monoisotopic (exact) mass is 315 g/mol. The van der Waals surface area contributed by atoms with Crippen LogP contribution in [0.2, 0.25) is 0 Å². The lowest BCUT2D eigenvalue weighted by molar-refractivity contribution is -0.142. The zero-order valence-electron chi connectivity index (χ0n) is 12.6. The van der Waals surface area contributed by atoms with Gasteiger partial charge in [0.2, 0.25) is 11.8 Å². The van der Waals surface area contributed by atoms with Gasteiger partial charge >= 0.3 is 0 Å². The molecule has 2 amide bonds. The van der Waals surface area contributed by atoms with Crippen LogP contribution in [0.1, 0.15) is 45.4 Å². The zero-order valence-corrected chi connectivity index (χ0v) is 13.5. The number of carbonyl (C=O) groups excluding carboxylic acids is 2. The maximum Gasteiger partial charge on any atom is 0.243 e. The van der Waals surface area contributed by atoms with Gasteiger partial charge in [-0.25, -0.2) is 0 Å². The first-order valence-corrected chi connectivity index (χ1v) is 7.99. The standard InChI is InChI=1S/C15H25N3O2.ClH/c1-10-9-11(6-7-16-10)15(20)18-8-2-3-13(18)14(19)17-12-4-5-12;/h10-13,16H,2-9H2,1H3,(H,17,19);1H/t10-,11-,13?;/m0./s1. The van der Waals surface area contributed by atoms with Crippen molar-refractivity contribution in [2.45, 2.75) is 63.6 Å². The second-order valence-electron chi connectivity index (χ2n) is 6.55. The van der Waals surface area contributed by atoms with Gasteiger partial charge in [0.05, 0.1) is 0 Å². The topological polar surface area (TPSA) is 61.4 Å². The van der Waals surface area contributed by atoms with E-state index in [1.165, 1.54) is 0 Å². The van der Waals surface area contributed by atoms with Crippen molar-refractivity contribution in [1.29, 1.82) is 0 Å². The van der Waals surface area contributed by atoms with Crippen LogP contribution in [0.3, 0.4) is 0 Å². The van der Waals surface area contributed by atoms with Crippen LogP contribution >= 0.6 is 12.4 Å². The zero-order chi connectivity index (χ0) is 14.1. The van der Waals surface area contributed by atoms with E-state index in [2.05, 4.69) is 17.6 Å². The second-order valence-corrected chi connectivity index (χ2v) is 6.55. The van der Waals surface area contributed by atoms with Gasteiger partial charge in [0.25, 0.3) is 0 Å². The van der Waals surface area contributed by atoms with Gasteiger partial charge in [-0.2, -0.15) is 0 Å². The average molecular weight is 316 g/mol. The number of nitrogens with zero attached hydrogens (tertiary/aromatic N) is 1. The number of nitrogens with one attached hydrogen (secondary N) is 2. The third-order valence-electron chi connectivity index (χ3n) is 4.74. The Morgan fingerprint density at radius 1 is 1.19 bits per heavy atom. The number of halogens is 1. The number of hydrogen-bond acceptors (Lipinski definition) is 3. The van der Waals surface area contributed by atoms with Crippen LogP contribution in [0.25, 0.3) is 0 Å². The highest BCUT2D eigenvalue weighted by atomic mass is 35.5. The highest BCUT2D eigenvalue weighted by Gasteiger charge is 2.39. The Kier molecular flexibility index (Phi) is 5.49. The molecule has 0 aromatic heterocycles. The molecule has 1 unspecified atom stereocenters. The fourth-order valence-corrected chi connectivity index (χ4v) is 3.42. The Bertz CT molecular complexity index is 400. The Labute approximate surface area is 132 Å². The van der Waals surface area contributed by atoms with Crippen LogP contribution in [0.4, 0.5) is 0 Å². The van der Waals surface area contributed by atoms with Gasteiger partial charge in [0.15, 0.2) is 0 Å². The Hall–Kier alpha value is -0.810.